The third kappa shape index (κ3) is 4.16. The van der Waals surface area contributed by atoms with Gasteiger partial charge in [-0.05, 0) is 26.0 Å². The van der Waals surface area contributed by atoms with Crippen molar-refractivity contribution in [1.82, 2.24) is 15.5 Å². The highest BCUT2D eigenvalue weighted by Crippen LogP contribution is 2.34. The van der Waals surface area contributed by atoms with Gasteiger partial charge in [0.1, 0.15) is 11.5 Å². The van der Waals surface area contributed by atoms with Crippen LogP contribution in [0.5, 0.6) is 11.5 Å². The lowest BCUT2D eigenvalue weighted by molar-refractivity contribution is -0.120. The molecular weight excluding hydrogens is 318 g/mol. The molecule has 8 heteroatoms. The van der Waals surface area contributed by atoms with Crippen molar-refractivity contribution >= 4 is 17.7 Å². The van der Waals surface area contributed by atoms with Crippen LogP contribution >= 0.6 is 11.8 Å². The molecule has 1 aromatic carbocycles. The Bertz CT molecular complexity index is 674. The Morgan fingerprint density at radius 1 is 1.35 bits per heavy atom. The normalized spacial score (nSPS) is 11.8. The summed E-state index contributed by atoms with van der Waals surface area (Å²) in [5.74, 6) is 1.50. The Balaban J connectivity index is 2.17. The van der Waals surface area contributed by atoms with Gasteiger partial charge in [0, 0.05) is 12.6 Å². The second-order valence-corrected chi connectivity index (χ2v) is 5.89. The molecule has 0 radical (unpaired) electrons. The summed E-state index contributed by atoms with van der Waals surface area (Å²) < 4.78 is 16.1. The highest BCUT2D eigenvalue weighted by atomic mass is 32.2. The minimum absolute atomic E-state index is 0.0701. The number of benzene rings is 1. The van der Waals surface area contributed by atoms with Crippen molar-refractivity contribution in [2.24, 2.45) is 0 Å². The first-order chi connectivity index (χ1) is 11.1. The van der Waals surface area contributed by atoms with Crippen LogP contribution in [0.1, 0.15) is 13.8 Å². The summed E-state index contributed by atoms with van der Waals surface area (Å²) in [5.41, 5.74) is 0.665. The number of thioether (sulfide) groups is 1. The Morgan fingerprint density at radius 2 is 2.13 bits per heavy atom. The van der Waals surface area contributed by atoms with Gasteiger partial charge in [0.15, 0.2) is 0 Å². The van der Waals surface area contributed by atoms with E-state index in [9.17, 15) is 4.79 Å². The lowest BCUT2D eigenvalue weighted by Gasteiger charge is -2.08. The van der Waals surface area contributed by atoms with E-state index in [1.807, 2.05) is 6.92 Å². The molecule has 1 heterocycles. The number of amides is 1. The average molecular weight is 337 g/mol. The Labute approximate surface area is 138 Å². The molecule has 2 aromatic rings. The molecule has 1 amide bonds. The molecule has 0 saturated heterocycles. The number of nitrogens with one attached hydrogen (secondary N) is 1. The topological polar surface area (TPSA) is 86.5 Å². The maximum atomic E-state index is 11.7. The summed E-state index contributed by atoms with van der Waals surface area (Å²) in [6.45, 7) is 4.24. The second kappa shape index (κ2) is 7.87. The van der Waals surface area contributed by atoms with E-state index in [-0.39, 0.29) is 11.2 Å². The lowest BCUT2D eigenvalue weighted by atomic mass is 10.2. The number of carbonyl (C=O) groups is 1. The molecule has 0 bridgehead atoms. The van der Waals surface area contributed by atoms with Crippen LogP contribution in [-0.4, -0.2) is 42.1 Å². The van der Waals surface area contributed by atoms with E-state index in [1.165, 1.54) is 11.8 Å². The van der Waals surface area contributed by atoms with Gasteiger partial charge in [0.05, 0.1) is 25.0 Å². The van der Waals surface area contributed by atoms with Gasteiger partial charge >= 0.3 is 0 Å². The van der Waals surface area contributed by atoms with Crippen LogP contribution < -0.4 is 14.8 Å². The summed E-state index contributed by atoms with van der Waals surface area (Å²) in [7, 11) is 3.14. The van der Waals surface area contributed by atoms with E-state index in [1.54, 1.807) is 39.3 Å². The zero-order valence-electron chi connectivity index (χ0n) is 13.5. The first-order valence-electron chi connectivity index (χ1n) is 7.09. The molecule has 0 fully saturated rings. The van der Waals surface area contributed by atoms with Gasteiger partial charge in [-0.1, -0.05) is 11.8 Å². The molecular formula is C15H19N3O4S. The third-order valence-electron chi connectivity index (χ3n) is 3.04. The summed E-state index contributed by atoms with van der Waals surface area (Å²) in [5, 5.41) is 10.8. The molecule has 1 aromatic heterocycles. The van der Waals surface area contributed by atoms with Gasteiger partial charge in [-0.15, -0.1) is 10.2 Å². The molecule has 0 aliphatic heterocycles. The highest BCUT2D eigenvalue weighted by Gasteiger charge is 2.19. The van der Waals surface area contributed by atoms with Crippen molar-refractivity contribution in [2.75, 3.05) is 20.8 Å². The van der Waals surface area contributed by atoms with Crippen LogP contribution in [-0.2, 0) is 4.79 Å². The number of hydrogen-bond acceptors (Lipinski definition) is 7. The minimum atomic E-state index is -0.319. The van der Waals surface area contributed by atoms with Gasteiger partial charge in [0.2, 0.25) is 5.91 Å². The first-order valence-corrected chi connectivity index (χ1v) is 7.97. The van der Waals surface area contributed by atoms with Crippen LogP contribution in [0, 0.1) is 0 Å². The van der Waals surface area contributed by atoms with E-state index in [0.29, 0.717) is 34.7 Å². The molecule has 7 nitrogen and oxygen atoms in total. The zero-order chi connectivity index (χ0) is 16.8. The van der Waals surface area contributed by atoms with Crippen molar-refractivity contribution in [3.05, 3.63) is 18.2 Å². The van der Waals surface area contributed by atoms with Crippen LogP contribution in [0.25, 0.3) is 11.5 Å². The maximum Gasteiger partial charge on any atom is 0.277 e. The van der Waals surface area contributed by atoms with Gasteiger partial charge in [-0.2, -0.15) is 0 Å². The number of rotatable bonds is 7. The fraction of sp³-hybridized carbons (Fsp3) is 0.400. The predicted octanol–water partition coefficient (Wildman–Crippen LogP) is 2.37. The smallest absolute Gasteiger partial charge is 0.277 e. The largest absolute Gasteiger partial charge is 0.497 e. The van der Waals surface area contributed by atoms with Crippen LogP contribution in [0.4, 0.5) is 0 Å². The number of hydrogen-bond donors (Lipinski definition) is 1. The van der Waals surface area contributed by atoms with Crippen molar-refractivity contribution in [3.8, 4) is 23.0 Å². The fourth-order valence-electron chi connectivity index (χ4n) is 1.86. The molecule has 1 atom stereocenters. The van der Waals surface area contributed by atoms with E-state index in [2.05, 4.69) is 15.5 Å². The molecule has 1 N–H and O–H groups in total. The Hall–Kier alpha value is -2.22. The number of ether oxygens (including phenoxy) is 2. The van der Waals surface area contributed by atoms with E-state index < -0.39 is 0 Å². The summed E-state index contributed by atoms with van der Waals surface area (Å²) in [6.07, 6.45) is 0. The first kappa shape index (κ1) is 17.1. The molecule has 0 aliphatic carbocycles. The van der Waals surface area contributed by atoms with Gasteiger partial charge in [0.25, 0.3) is 11.1 Å². The zero-order valence-corrected chi connectivity index (χ0v) is 14.3. The number of methoxy groups -OCH3 is 2. The summed E-state index contributed by atoms with van der Waals surface area (Å²) in [4.78, 5) is 11.7. The van der Waals surface area contributed by atoms with E-state index in [4.69, 9.17) is 13.9 Å². The van der Waals surface area contributed by atoms with Gasteiger partial charge in [-0.3, -0.25) is 4.79 Å². The third-order valence-corrected chi connectivity index (χ3v) is 3.98. The standard InChI is InChI=1S/C15H19N3O4S/c1-5-16-13(19)9(2)23-15-18-17-14(22-15)11-7-6-10(20-3)8-12(11)21-4/h6-9H,5H2,1-4H3,(H,16,19)/t9-/m1/s1. The minimum Gasteiger partial charge on any atom is -0.497 e. The molecule has 0 saturated carbocycles. The van der Waals surface area contributed by atoms with Crippen LogP contribution in [0.15, 0.2) is 27.8 Å². The maximum absolute atomic E-state index is 11.7. The number of aromatic nitrogens is 2. The highest BCUT2D eigenvalue weighted by molar-refractivity contribution is 8.00. The van der Waals surface area contributed by atoms with Crippen molar-refractivity contribution in [1.29, 1.82) is 0 Å². The fourth-order valence-corrected chi connectivity index (χ4v) is 2.57. The van der Waals surface area contributed by atoms with Gasteiger partial charge in [-0.25, -0.2) is 0 Å². The summed E-state index contributed by atoms with van der Waals surface area (Å²) in [6, 6.07) is 5.31. The molecule has 124 valence electrons. The SMILES string of the molecule is CCNC(=O)[C@@H](C)Sc1nnc(-c2ccc(OC)cc2OC)o1. The van der Waals surface area contributed by atoms with Gasteiger partial charge < -0.3 is 19.2 Å². The number of carbonyl (C=O) groups excluding carboxylic acids is 1. The molecule has 0 spiro atoms. The second-order valence-electron chi connectivity index (χ2n) is 4.59. The van der Waals surface area contributed by atoms with Crippen molar-refractivity contribution < 1.29 is 18.7 Å². The Kier molecular flexibility index (Phi) is 5.86. The summed E-state index contributed by atoms with van der Waals surface area (Å²) >= 11 is 1.21. The van der Waals surface area contributed by atoms with Crippen molar-refractivity contribution in [3.63, 3.8) is 0 Å². The average Bonchev–Trinajstić information content (AvgIpc) is 3.02. The Morgan fingerprint density at radius 3 is 2.78 bits per heavy atom. The predicted molar refractivity (Wildman–Crippen MR) is 86.8 cm³/mol. The lowest BCUT2D eigenvalue weighted by Crippen LogP contribution is -2.30. The van der Waals surface area contributed by atoms with E-state index >= 15 is 0 Å². The quantitative estimate of drug-likeness (QED) is 0.776. The van der Waals surface area contributed by atoms with Crippen molar-refractivity contribution in [2.45, 2.75) is 24.3 Å². The monoisotopic (exact) mass is 337 g/mol. The van der Waals surface area contributed by atoms with Crippen LogP contribution in [0.3, 0.4) is 0 Å². The number of nitrogens with zero attached hydrogens (tertiary/aromatic N) is 2. The van der Waals surface area contributed by atoms with E-state index in [0.717, 1.165) is 0 Å². The molecule has 0 aliphatic rings. The molecule has 2 rings (SSSR count). The molecule has 0 unspecified atom stereocenters. The van der Waals surface area contributed by atoms with Crippen LogP contribution in [0.2, 0.25) is 0 Å². The molecule has 23 heavy (non-hydrogen) atoms.